The molecule has 31 heavy (non-hydrogen) atoms. The first-order valence-corrected chi connectivity index (χ1v) is 12.5. The number of rotatable bonds is 4. The Kier molecular flexibility index (Phi) is 6.26. The smallest absolute Gasteiger partial charge is 0.254 e. The minimum Gasteiger partial charge on any atom is -0.332 e. The number of H-pyrrole nitrogens is 1. The molecule has 0 spiro atoms. The number of allylic oxidation sites excluding steroid dienone is 2. The van der Waals surface area contributed by atoms with E-state index in [1.807, 2.05) is 4.90 Å². The number of fused-ring (bicyclic) bond motifs is 1. The number of amides is 1. The van der Waals surface area contributed by atoms with Gasteiger partial charge in [-0.2, -0.15) is 0 Å². The van der Waals surface area contributed by atoms with E-state index in [2.05, 4.69) is 22.0 Å². The molecule has 6 nitrogen and oxygen atoms in total. The van der Waals surface area contributed by atoms with Crippen molar-refractivity contribution in [3.8, 4) is 0 Å². The lowest BCUT2D eigenvalue weighted by molar-refractivity contribution is -0.136. The molecule has 2 aliphatic heterocycles. The quantitative estimate of drug-likeness (QED) is 0.748. The zero-order chi connectivity index (χ0) is 21.2. The zero-order valence-corrected chi connectivity index (χ0v) is 18.7. The maximum absolute atomic E-state index is 13.2. The first-order chi connectivity index (χ1) is 15.2. The largest absolute Gasteiger partial charge is 0.332 e. The van der Waals surface area contributed by atoms with Crippen LogP contribution in [0.1, 0.15) is 87.3 Å². The van der Waals surface area contributed by atoms with Crippen LogP contribution in [0.4, 0.5) is 0 Å². The van der Waals surface area contributed by atoms with E-state index < -0.39 is 0 Å². The summed E-state index contributed by atoms with van der Waals surface area (Å²) in [5.41, 5.74) is 1.81. The summed E-state index contributed by atoms with van der Waals surface area (Å²) in [5.74, 6) is 1.83. The van der Waals surface area contributed by atoms with Crippen molar-refractivity contribution in [3.05, 3.63) is 39.6 Å². The minimum atomic E-state index is -0.0786. The standard InChI is InChI=1S/C25H36N4O2/c30-24-20-13-15-28(16-18-8-3-1-4-9-18)17-21(20)26-23(27-24)22-12-7-14-29(22)25(31)19-10-5-2-6-11-19/h2,5,18-19,22H,1,3-4,6-17H2,(H,26,27,30)/t19-,22+/m0/s1. The second-order valence-corrected chi connectivity index (χ2v) is 10.0. The number of nitrogens with zero attached hydrogens (tertiary/aromatic N) is 3. The van der Waals surface area contributed by atoms with E-state index in [0.29, 0.717) is 5.82 Å². The molecule has 0 bridgehead atoms. The molecule has 2 aliphatic carbocycles. The van der Waals surface area contributed by atoms with Gasteiger partial charge in [0.05, 0.1) is 11.7 Å². The van der Waals surface area contributed by atoms with Crippen LogP contribution < -0.4 is 5.56 Å². The molecule has 0 unspecified atom stereocenters. The number of carbonyl (C=O) groups excluding carboxylic acids is 1. The number of hydrogen-bond acceptors (Lipinski definition) is 4. The van der Waals surface area contributed by atoms with Crippen LogP contribution in [0.15, 0.2) is 16.9 Å². The number of aromatic amines is 1. The van der Waals surface area contributed by atoms with E-state index in [1.54, 1.807) is 0 Å². The zero-order valence-electron chi connectivity index (χ0n) is 18.7. The van der Waals surface area contributed by atoms with Crippen molar-refractivity contribution in [1.82, 2.24) is 19.8 Å². The number of hydrogen-bond donors (Lipinski definition) is 1. The van der Waals surface area contributed by atoms with Crippen LogP contribution >= 0.6 is 0 Å². The van der Waals surface area contributed by atoms with Gasteiger partial charge in [0.15, 0.2) is 0 Å². The summed E-state index contributed by atoms with van der Waals surface area (Å²) in [6, 6.07) is -0.0786. The summed E-state index contributed by atoms with van der Waals surface area (Å²) in [7, 11) is 0. The lowest BCUT2D eigenvalue weighted by Gasteiger charge is -2.33. The van der Waals surface area contributed by atoms with E-state index in [9.17, 15) is 9.59 Å². The van der Waals surface area contributed by atoms with Gasteiger partial charge in [-0.05, 0) is 57.3 Å². The summed E-state index contributed by atoms with van der Waals surface area (Å²) < 4.78 is 0. The molecule has 6 heteroatoms. The molecule has 5 rings (SSSR count). The first-order valence-electron chi connectivity index (χ1n) is 12.5. The molecule has 1 saturated carbocycles. The molecule has 2 fully saturated rings. The molecule has 1 amide bonds. The van der Waals surface area contributed by atoms with E-state index in [1.165, 1.54) is 32.1 Å². The molecule has 168 valence electrons. The normalized spacial score (nSPS) is 27.4. The Labute approximate surface area is 185 Å². The molecule has 0 radical (unpaired) electrons. The molecule has 3 heterocycles. The van der Waals surface area contributed by atoms with Crippen LogP contribution in [0.3, 0.4) is 0 Å². The van der Waals surface area contributed by atoms with Crippen LogP contribution in [0, 0.1) is 11.8 Å². The average Bonchev–Trinajstić information content (AvgIpc) is 3.29. The molecule has 1 N–H and O–H groups in total. The summed E-state index contributed by atoms with van der Waals surface area (Å²) >= 11 is 0. The third-order valence-electron chi connectivity index (χ3n) is 7.88. The van der Waals surface area contributed by atoms with Crippen LogP contribution in [-0.2, 0) is 17.8 Å². The highest BCUT2D eigenvalue weighted by atomic mass is 16.2. The number of likely N-dealkylation sites (tertiary alicyclic amines) is 1. The fraction of sp³-hybridized carbons (Fsp3) is 0.720. The average molecular weight is 425 g/mol. The minimum absolute atomic E-state index is 0.0113. The van der Waals surface area contributed by atoms with Gasteiger partial charge >= 0.3 is 0 Å². The van der Waals surface area contributed by atoms with E-state index in [4.69, 9.17) is 4.98 Å². The van der Waals surface area contributed by atoms with Crippen molar-refractivity contribution in [2.24, 2.45) is 11.8 Å². The SMILES string of the molecule is O=C([C@H]1CC=CCC1)N1CCC[C@@H]1c1nc2c(c(=O)[nH]1)CCN(CC1CCCCC1)C2. The lowest BCUT2D eigenvalue weighted by Crippen LogP contribution is -2.40. The third-order valence-corrected chi connectivity index (χ3v) is 7.88. The second kappa shape index (κ2) is 9.27. The number of aromatic nitrogens is 2. The highest BCUT2D eigenvalue weighted by molar-refractivity contribution is 5.80. The Hall–Kier alpha value is -1.95. The van der Waals surface area contributed by atoms with Gasteiger partial charge in [-0.25, -0.2) is 4.98 Å². The Morgan fingerprint density at radius 3 is 2.74 bits per heavy atom. The topological polar surface area (TPSA) is 69.3 Å². The van der Waals surface area contributed by atoms with E-state index in [-0.39, 0.29) is 23.4 Å². The van der Waals surface area contributed by atoms with Crippen LogP contribution in [-0.4, -0.2) is 45.3 Å². The van der Waals surface area contributed by atoms with Gasteiger partial charge in [0.25, 0.3) is 5.56 Å². The summed E-state index contributed by atoms with van der Waals surface area (Å²) in [5, 5.41) is 0. The van der Waals surface area contributed by atoms with Gasteiger partial charge in [0.1, 0.15) is 5.82 Å². The van der Waals surface area contributed by atoms with Crippen molar-refractivity contribution >= 4 is 5.91 Å². The summed E-state index contributed by atoms with van der Waals surface area (Å²) in [6.07, 6.45) is 16.5. The summed E-state index contributed by atoms with van der Waals surface area (Å²) in [4.78, 5) is 38.6. The molecule has 4 aliphatic rings. The van der Waals surface area contributed by atoms with Crippen LogP contribution in [0.25, 0.3) is 0 Å². The fourth-order valence-corrected chi connectivity index (χ4v) is 6.13. The Balaban J connectivity index is 1.32. The maximum Gasteiger partial charge on any atom is 0.254 e. The van der Waals surface area contributed by atoms with Gasteiger partial charge in [0.2, 0.25) is 5.91 Å². The number of carbonyl (C=O) groups is 1. The molecular formula is C25H36N4O2. The maximum atomic E-state index is 13.2. The Morgan fingerprint density at radius 1 is 1.06 bits per heavy atom. The van der Waals surface area contributed by atoms with Gasteiger partial charge in [0, 0.05) is 37.7 Å². The molecule has 1 aromatic heterocycles. The van der Waals surface area contributed by atoms with Gasteiger partial charge in [-0.3, -0.25) is 14.5 Å². The highest BCUT2D eigenvalue weighted by Gasteiger charge is 2.36. The van der Waals surface area contributed by atoms with Crippen LogP contribution in [0.2, 0.25) is 0 Å². The molecule has 1 saturated heterocycles. The summed E-state index contributed by atoms with van der Waals surface area (Å²) in [6.45, 7) is 3.64. The van der Waals surface area contributed by atoms with Crippen molar-refractivity contribution < 1.29 is 4.79 Å². The third kappa shape index (κ3) is 4.50. The first kappa shape index (κ1) is 20.9. The fourth-order valence-electron chi connectivity index (χ4n) is 6.13. The Morgan fingerprint density at radius 2 is 1.94 bits per heavy atom. The lowest BCUT2D eigenvalue weighted by atomic mass is 9.88. The molecule has 1 aromatic rings. The van der Waals surface area contributed by atoms with Gasteiger partial charge in [-0.1, -0.05) is 31.4 Å². The Bertz CT molecular complexity index is 886. The second-order valence-electron chi connectivity index (χ2n) is 10.0. The molecule has 2 atom stereocenters. The van der Waals surface area contributed by atoms with Crippen molar-refractivity contribution in [3.63, 3.8) is 0 Å². The van der Waals surface area contributed by atoms with Crippen LogP contribution in [0.5, 0.6) is 0 Å². The monoisotopic (exact) mass is 424 g/mol. The van der Waals surface area contributed by atoms with Gasteiger partial charge in [-0.15, -0.1) is 0 Å². The highest BCUT2D eigenvalue weighted by Crippen LogP contribution is 2.34. The van der Waals surface area contributed by atoms with E-state index in [0.717, 1.165) is 81.9 Å². The predicted molar refractivity (Wildman–Crippen MR) is 121 cm³/mol. The van der Waals surface area contributed by atoms with Crippen molar-refractivity contribution in [1.29, 1.82) is 0 Å². The molecule has 0 aromatic carbocycles. The molecular weight excluding hydrogens is 388 g/mol. The van der Waals surface area contributed by atoms with Crippen molar-refractivity contribution in [2.75, 3.05) is 19.6 Å². The number of nitrogens with one attached hydrogen (secondary N) is 1. The predicted octanol–water partition coefficient (Wildman–Crippen LogP) is 3.73. The van der Waals surface area contributed by atoms with E-state index >= 15 is 0 Å². The van der Waals surface area contributed by atoms with Crippen molar-refractivity contribution in [2.45, 2.75) is 83.2 Å². The van der Waals surface area contributed by atoms with Gasteiger partial charge < -0.3 is 9.88 Å².